The van der Waals surface area contributed by atoms with Gasteiger partial charge in [0.15, 0.2) is 0 Å². The monoisotopic (exact) mass is 258 g/mol. The molecule has 1 N–H and O–H groups in total. The predicted molar refractivity (Wildman–Crippen MR) is 75.5 cm³/mol. The van der Waals surface area contributed by atoms with Gasteiger partial charge in [0.05, 0.1) is 17.9 Å². The molecule has 0 aliphatic rings. The highest BCUT2D eigenvalue weighted by molar-refractivity contribution is 5.24. The Morgan fingerprint density at radius 1 is 1.11 bits per heavy atom. The number of rotatable bonds is 5. The molecule has 1 atom stereocenters. The summed E-state index contributed by atoms with van der Waals surface area (Å²) < 4.78 is 12.9. The molecule has 0 radical (unpaired) electrons. The SMILES string of the molecule is CCc1ccc(CC(NC)c2ccc(F)cn2)cc1. The maximum absolute atomic E-state index is 12.9. The van der Waals surface area contributed by atoms with Crippen molar-refractivity contribution in [1.82, 2.24) is 10.3 Å². The third-order valence-corrected chi connectivity index (χ3v) is 3.33. The number of aryl methyl sites for hydroxylation is 1. The second kappa shape index (κ2) is 6.43. The van der Waals surface area contributed by atoms with Crippen LogP contribution in [-0.4, -0.2) is 12.0 Å². The molecule has 1 unspecified atom stereocenters. The number of halogens is 1. The Morgan fingerprint density at radius 2 is 1.79 bits per heavy atom. The summed E-state index contributed by atoms with van der Waals surface area (Å²) in [6.07, 6.45) is 3.16. The summed E-state index contributed by atoms with van der Waals surface area (Å²) >= 11 is 0. The minimum atomic E-state index is -0.300. The summed E-state index contributed by atoms with van der Waals surface area (Å²) in [7, 11) is 1.90. The molecule has 2 rings (SSSR count). The van der Waals surface area contributed by atoms with Crippen LogP contribution in [0.15, 0.2) is 42.6 Å². The van der Waals surface area contributed by atoms with E-state index in [1.807, 2.05) is 7.05 Å². The molecule has 0 saturated heterocycles. The molecule has 0 aliphatic heterocycles. The molecule has 0 aliphatic carbocycles. The van der Waals surface area contributed by atoms with Crippen LogP contribution in [0.4, 0.5) is 4.39 Å². The van der Waals surface area contributed by atoms with E-state index in [0.717, 1.165) is 18.5 Å². The van der Waals surface area contributed by atoms with Crippen molar-refractivity contribution in [1.29, 1.82) is 0 Å². The fourth-order valence-electron chi connectivity index (χ4n) is 2.09. The number of nitrogens with zero attached hydrogens (tertiary/aromatic N) is 1. The maximum atomic E-state index is 12.9. The van der Waals surface area contributed by atoms with Gasteiger partial charge in [0.25, 0.3) is 0 Å². The number of nitrogens with one attached hydrogen (secondary N) is 1. The van der Waals surface area contributed by atoms with Crippen LogP contribution in [0.5, 0.6) is 0 Å². The van der Waals surface area contributed by atoms with Crippen LogP contribution < -0.4 is 5.32 Å². The van der Waals surface area contributed by atoms with Crippen molar-refractivity contribution in [2.24, 2.45) is 0 Å². The van der Waals surface area contributed by atoms with Gasteiger partial charge in [0.2, 0.25) is 0 Å². The van der Waals surface area contributed by atoms with E-state index in [9.17, 15) is 4.39 Å². The van der Waals surface area contributed by atoms with E-state index in [2.05, 4.69) is 41.5 Å². The zero-order valence-corrected chi connectivity index (χ0v) is 11.4. The molecule has 2 nitrogen and oxygen atoms in total. The van der Waals surface area contributed by atoms with Gasteiger partial charge in [-0.3, -0.25) is 4.98 Å². The van der Waals surface area contributed by atoms with Crippen molar-refractivity contribution in [3.05, 3.63) is 65.2 Å². The Labute approximate surface area is 113 Å². The maximum Gasteiger partial charge on any atom is 0.141 e. The van der Waals surface area contributed by atoms with Gasteiger partial charge in [-0.2, -0.15) is 0 Å². The van der Waals surface area contributed by atoms with Gasteiger partial charge in [0.1, 0.15) is 5.82 Å². The molecule has 1 aromatic carbocycles. The van der Waals surface area contributed by atoms with E-state index in [1.54, 1.807) is 6.07 Å². The molecule has 1 aromatic heterocycles. The van der Waals surface area contributed by atoms with E-state index in [0.29, 0.717) is 0 Å². The summed E-state index contributed by atoms with van der Waals surface area (Å²) in [4.78, 5) is 4.14. The Morgan fingerprint density at radius 3 is 2.32 bits per heavy atom. The molecule has 0 saturated carbocycles. The van der Waals surface area contributed by atoms with Crippen LogP contribution in [0.2, 0.25) is 0 Å². The number of aromatic nitrogens is 1. The molecule has 0 bridgehead atoms. The highest BCUT2D eigenvalue weighted by Gasteiger charge is 2.11. The molecule has 1 heterocycles. The average molecular weight is 258 g/mol. The Hall–Kier alpha value is -1.74. The average Bonchev–Trinajstić information content (AvgIpc) is 2.46. The summed E-state index contributed by atoms with van der Waals surface area (Å²) in [5.74, 6) is -0.300. The van der Waals surface area contributed by atoms with E-state index in [4.69, 9.17) is 0 Å². The first-order valence-corrected chi connectivity index (χ1v) is 6.59. The number of hydrogen-bond donors (Lipinski definition) is 1. The Kier molecular flexibility index (Phi) is 4.63. The summed E-state index contributed by atoms with van der Waals surface area (Å²) in [6.45, 7) is 2.15. The van der Waals surface area contributed by atoms with Crippen LogP contribution in [-0.2, 0) is 12.8 Å². The lowest BCUT2D eigenvalue weighted by Crippen LogP contribution is -2.20. The summed E-state index contributed by atoms with van der Waals surface area (Å²) in [5.41, 5.74) is 3.45. The highest BCUT2D eigenvalue weighted by atomic mass is 19.1. The first-order chi connectivity index (χ1) is 9.22. The highest BCUT2D eigenvalue weighted by Crippen LogP contribution is 2.17. The normalized spacial score (nSPS) is 12.4. The molecule has 0 fully saturated rings. The third kappa shape index (κ3) is 3.61. The standard InChI is InChI=1S/C16H19FN2/c1-3-12-4-6-13(7-5-12)10-16(18-2)15-9-8-14(17)11-19-15/h4-9,11,16,18H,3,10H2,1-2H3. The van der Waals surface area contributed by atoms with Crippen molar-refractivity contribution in [3.63, 3.8) is 0 Å². The largest absolute Gasteiger partial charge is 0.311 e. The zero-order chi connectivity index (χ0) is 13.7. The van der Waals surface area contributed by atoms with E-state index >= 15 is 0 Å². The Bertz CT molecular complexity index is 505. The van der Waals surface area contributed by atoms with Crippen molar-refractivity contribution >= 4 is 0 Å². The first kappa shape index (κ1) is 13.7. The molecule has 19 heavy (non-hydrogen) atoms. The van der Waals surface area contributed by atoms with Crippen molar-refractivity contribution in [2.45, 2.75) is 25.8 Å². The molecule has 2 aromatic rings. The van der Waals surface area contributed by atoms with Gasteiger partial charge in [-0.1, -0.05) is 31.2 Å². The lowest BCUT2D eigenvalue weighted by Gasteiger charge is -2.16. The second-order valence-electron chi connectivity index (χ2n) is 4.62. The van der Waals surface area contributed by atoms with Gasteiger partial charge in [-0.25, -0.2) is 4.39 Å². The van der Waals surface area contributed by atoms with E-state index < -0.39 is 0 Å². The number of pyridine rings is 1. The second-order valence-corrected chi connectivity index (χ2v) is 4.62. The van der Waals surface area contributed by atoms with Crippen molar-refractivity contribution < 1.29 is 4.39 Å². The van der Waals surface area contributed by atoms with Crippen LogP contribution in [0.3, 0.4) is 0 Å². The number of benzene rings is 1. The smallest absolute Gasteiger partial charge is 0.141 e. The zero-order valence-electron chi connectivity index (χ0n) is 11.4. The first-order valence-electron chi connectivity index (χ1n) is 6.59. The lowest BCUT2D eigenvalue weighted by atomic mass is 10.0. The van der Waals surface area contributed by atoms with E-state index in [-0.39, 0.29) is 11.9 Å². The van der Waals surface area contributed by atoms with Crippen LogP contribution in [0.25, 0.3) is 0 Å². The third-order valence-electron chi connectivity index (χ3n) is 3.33. The lowest BCUT2D eigenvalue weighted by molar-refractivity contribution is 0.565. The van der Waals surface area contributed by atoms with Gasteiger partial charge >= 0.3 is 0 Å². The van der Waals surface area contributed by atoms with Crippen LogP contribution in [0.1, 0.15) is 29.8 Å². The van der Waals surface area contributed by atoms with Gasteiger partial charge in [0, 0.05) is 0 Å². The van der Waals surface area contributed by atoms with Crippen LogP contribution in [0, 0.1) is 5.82 Å². The fourth-order valence-corrected chi connectivity index (χ4v) is 2.09. The molecule has 0 amide bonds. The predicted octanol–water partition coefficient (Wildman–Crippen LogP) is 3.29. The van der Waals surface area contributed by atoms with Gasteiger partial charge in [-0.05, 0) is 43.1 Å². The fraction of sp³-hybridized carbons (Fsp3) is 0.312. The minimum absolute atomic E-state index is 0.105. The number of hydrogen-bond acceptors (Lipinski definition) is 2. The molecule has 100 valence electrons. The van der Waals surface area contributed by atoms with Crippen LogP contribution >= 0.6 is 0 Å². The molecule has 3 heteroatoms. The molecular formula is C16H19FN2. The summed E-state index contributed by atoms with van der Waals surface area (Å²) in [5, 5.41) is 3.23. The minimum Gasteiger partial charge on any atom is -0.311 e. The van der Waals surface area contributed by atoms with Crippen molar-refractivity contribution in [3.8, 4) is 0 Å². The van der Waals surface area contributed by atoms with E-state index in [1.165, 1.54) is 23.4 Å². The number of likely N-dealkylation sites (N-methyl/N-ethyl adjacent to an activating group) is 1. The summed E-state index contributed by atoms with van der Waals surface area (Å²) in [6, 6.07) is 11.9. The molecule has 0 spiro atoms. The topological polar surface area (TPSA) is 24.9 Å². The van der Waals surface area contributed by atoms with Crippen molar-refractivity contribution in [2.75, 3.05) is 7.05 Å². The van der Waals surface area contributed by atoms with Gasteiger partial charge in [-0.15, -0.1) is 0 Å². The quantitative estimate of drug-likeness (QED) is 0.890. The Balaban J connectivity index is 2.11. The molecular weight excluding hydrogens is 239 g/mol. The van der Waals surface area contributed by atoms with Gasteiger partial charge < -0.3 is 5.32 Å².